The van der Waals surface area contributed by atoms with Gasteiger partial charge in [0.2, 0.25) is 0 Å². The van der Waals surface area contributed by atoms with Crippen LogP contribution in [-0.4, -0.2) is 53.4 Å². The summed E-state index contributed by atoms with van der Waals surface area (Å²) in [6, 6.07) is 11.4. The average Bonchev–Trinajstić information content (AvgIpc) is 3.07. The van der Waals surface area contributed by atoms with Crippen molar-refractivity contribution in [1.82, 2.24) is 9.88 Å². The summed E-state index contributed by atoms with van der Waals surface area (Å²) in [6.07, 6.45) is 1.09. The maximum Gasteiger partial charge on any atom is 0.141 e. The lowest BCUT2D eigenvalue weighted by Crippen LogP contribution is -2.42. The van der Waals surface area contributed by atoms with Crippen molar-refractivity contribution in [2.75, 3.05) is 26.2 Å². The van der Waals surface area contributed by atoms with Gasteiger partial charge in [0, 0.05) is 30.4 Å². The molecule has 4 rings (SSSR count). The number of aromatic nitrogens is 1. The lowest BCUT2D eigenvalue weighted by molar-refractivity contribution is -0.0236. The molecule has 156 valence electrons. The minimum atomic E-state index is -0.428. The lowest BCUT2D eigenvalue weighted by atomic mass is 9.78. The number of ether oxygens (including phenoxy) is 2. The van der Waals surface area contributed by atoms with E-state index in [-0.39, 0.29) is 6.10 Å². The van der Waals surface area contributed by atoms with Crippen molar-refractivity contribution in [3.05, 3.63) is 52.8 Å². The van der Waals surface area contributed by atoms with Gasteiger partial charge in [-0.2, -0.15) is 0 Å². The van der Waals surface area contributed by atoms with Gasteiger partial charge in [-0.05, 0) is 74.9 Å². The van der Waals surface area contributed by atoms with Crippen LogP contribution in [-0.2, 0) is 0 Å². The summed E-state index contributed by atoms with van der Waals surface area (Å²) in [6.45, 7) is 7.52. The Hall–Kier alpha value is -1.82. The number of rotatable bonds is 6. The maximum atomic E-state index is 10.7. The summed E-state index contributed by atoms with van der Waals surface area (Å²) in [4.78, 5) is 6.91. The van der Waals surface area contributed by atoms with Gasteiger partial charge in [-0.25, -0.2) is 0 Å². The second-order valence-electron chi connectivity index (χ2n) is 8.31. The number of likely N-dealkylation sites (tertiary alicyclic amines) is 1. The number of hydrogen-bond acceptors (Lipinski definition) is 5. The normalized spacial score (nSPS) is 26.9. The highest BCUT2D eigenvalue weighted by Crippen LogP contribution is 2.38. The van der Waals surface area contributed by atoms with E-state index in [0.29, 0.717) is 23.5 Å². The van der Waals surface area contributed by atoms with Crippen molar-refractivity contribution in [3.8, 4) is 11.5 Å². The molecule has 6 heteroatoms. The Kier molecular flexibility index (Phi) is 6.28. The summed E-state index contributed by atoms with van der Waals surface area (Å²) >= 11 is 5.91. The van der Waals surface area contributed by atoms with Gasteiger partial charge >= 0.3 is 0 Å². The van der Waals surface area contributed by atoms with E-state index in [4.69, 9.17) is 21.1 Å². The molecule has 0 spiro atoms. The molecule has 2 aromatic rings. The third kappa shape index (κ3) is 5.03. The van der Waals surface area contributed by atoms with Crippen LogP contribution >= 0.6 is 11.6 Å². The van der Waals surface area contributed by atoms with E-state index in [0.717, 1.165) is 55.4 Å². The molecule has 5 nitrogen and oxygen atoms in total. The molecule has 1 saturated carbocycles. The standard InChI is InChI=1S/C23H29ClN2O3/c1-15-3-8-22(16(2)25-15)29-23-12-18-14-26(13-17(18)11-21(23)27)9-10-28-20-6-4-19(24)5-7-20/h3-8,17-18,21,23,27H,9-14H2,1-2H3/t17-,18+,21+,23+/m0/s1. The summed E-state index contributed by atoms with van der Waals surface area (Å²) in [5.74, 6) is 2.71. The molecular formula is C23H29ClN2O3. The number of aryl methyl sites for hydroxylation is 2. The number of benzene rings is 1. The third-order valence-electron chi connectivity index (χ3n) is 6.11. The van der Waals surface area contributed by atoms with Crippen LogP contribution in [0.3, 0.4) is 0 Å². The fraction of sp³-hybridized carbons (Fsp3) is 0.522. The first-order chi connectivity index (χ1) is 14.0. The van der Waals surface area contributed by atoms with Gasteiger partial charge in [0.15, 0.2) is 0 Å². The van der Waals surface area contributed by atoms with Gasteiger partial charge in [0.05, 0.1) is 11.8 Å². The molecule has 1 aromatic heterocycles. The molecule has 1 aromatic carbocycles. The van der Waals surface area contributed by atoms with E-state index in [1.807, 2.05) is 50.2 Å². The van der Waals surface area contributed by atoms with Crippen LogP contribution in [0.1, 0.15) is 24.2 Å². The highest BCUT2D eigenvalue weighted by Gasteiger charge is 2.42. The molecule has 1 saturated heterocycles. The van der Waals surface area contributed by atoms with Crippen LogP contribution in [0.15, 0.2) is 36.4 Å². The van der Waals surface area contributed by atoms with Crippen LogP contribution in [0.4, 0.5) is 0 Å². The molecule has 4 atom stereocenters. The summed E-state index contributed by atoms with van der Waals surface area (Å²) < 4.78 is 12.0. The van der Waals surface area contributed by atoms with Gasteiger partial charge in [0.1, 0.15) is 24.2 Å². The first kappa shape index (κ1) is 20.5. The number of aliphatic hydroxyl groups excluding tert-OH is 1. The fourth-order valence-corrected chi connectivity index (χ4v) is 4.71. The van der Waals surface area contributed by atoms with E-state index in [2.05, 4.69) is 9.88 Å². The molecular weight excluding hydrogens is 388 g/mol. The largest absolute Gasteiger partial charge is 0.492 e. The molecule has 0 unspecified atom stereocenters. The smallest absolute Gasteiger partial charge is 0.141 e. The average molecular weight is 417 g/mol. The number of nitrogens with zero attached hydrogens (tertiary/aromatic N) is 2. The number of halogens is 1. The SMILES string of the molecule is Cc1ccc(O[C@@H]2C[C@@H]3CN(CCOc4ccc(Cl)cc4)C[C@@H]3C[C@H]2O)c(C)n1. The van der Waals surface area contributed by atoms with Gasteiger partial charge < -0.3 is 14.6 Å². The lowest BCUT2D eigenvalue weighted by Gasteiger charge is -2.35. The molecule has 1 N–H and O–H groups in total. The van der Waals surface area contributed by atoms with Crippen LogP contribution in [0, 0.1) is 25.7 Å². The Labute approximate surface area is 177 Å². The van der Waals surface area contributed by atoms with Crippen molar-refractivity contribution >= 4 is 11.6 Å². The number of fused-ring (bicyclic) bond motifs is 1. The number of pyridine rings is 1. The Bertz CT molecular complexity index is 829. The first-order valence-electron chi connectivity index (χ1n) is 10.4. The number of aliphatic hydroxyl groups is 1. The van der Waals surface area contributed by atoms with Crippen molar-refractivity contribution in [2.24, 2.45) is 11.8 Å². The molecule has 2 fully saturated rings. The Morgan fingerprint density at radius 3 is 2.52 bits per heavy atom. The van der Waals surface area contributed by atoms with Gasteiger partial charge in [-0.15, -0.1) is 0 Å². The van der Waals surface area contributed by atoms with E-state index < -0.39 is 6.10 Å². The highest BCUT2D eigenvalue weighted by molar-refractivity contribution is 6.30. The van der Waals surface area contributed by atoms with E-state index in [9.17, 15) is 5.11 Å². The zero-order valence-corrected chi connectivity index (χ0v) is 17.8. The fourth-order valence-electron chi connectivity index (χ4n) is 4.58. The summed E-state index contributed by atoms with van der Waals surface area (Å²) in [5.41, 5.74) is 1.86. The second kappa shape index (κ2) is 8.90. The second-order valence-corrected chi connectivity index (χ2v) is 8.75. The summed E-state index contributed by atoms with van der Waals surface area (Å²) in [5, 5.41) is 11.4. The summed E-state index contributed by atoms with van der Waals surface area (Å²) in [7, 11) is 0. The first-order valence-corrected chi connectivity index (χ1v) is 10.8. The van der Waals surface area contributed by atoms with Crippen molar-refractivity contribution < 1.29 is 14.6 Å². The predicted octanol–water partition coefficient (Wildman–Crippen LogP) is 3.88. The van der Waals surface area contributed by atoms with Crippen LogP contribution in [0.2, 0.25) is 5.02 Å². The highest BCUT2D eigenvalue weighted by atomic mass is 35.5. The Balaban J connectivity index is 1.28. The Morgan fingerprint density at radius 1 is 1.07 bits per heavy atom. The molecule has 0 radical (unpaired) electrons. The van der Waals surface area contributed by atoms with Crippen molar-refractivity contribution in [3.63, 3.8) is 0 Å². The minimum absolute atomic E-state index is 0.162. The van der Waals surface area contributed by atoms with E-state index in [1.54, 1.807) is 0 Å². The van der Waals surface area contributed by atoms with Crippen molar-refractivity contribution in [2.45, 2.75) is 38.9 Å². The monoisotopic (exact) mass is 416 g/mol. The van der Waals surface area contributed by atoms with Crippen LogP contribution in [0.25, 0.3) is 0 Å². The Morgan fingerprint density at radius 2 is 1.79 bits per heavy atom. The molecule has 29 heavy (non-hydrogen) atoms. The van der Waals surface area contributed by atoms with Gasteiger partial charge in [0.25, 0.3) is 0 Å². The molecule has 1 aliphatic heterocycles. The van der Waals surface area contributed by atoms with Crippen LogP contribution < -0.4 is 9.47 Å². The minimum Gasteiger partial charge on any atom is -0.492 e. The zero-order valence-electron chi connectivity index (χ0n) is 17.1. The quantitative estimate of drug-likeness (QED) is 0.774. The molecule has 1 aliphatic carbocycles. The number of hydrogen-bond donors (Lipinski definition) is 1. The van der Waals surface area contributed by atoms with Gasteiger partial charge in [-0.3, -0.25) is 9.88 Å². The van der Waals surface area contributed by atoms with Gasteiger partial charge in [-0.1, -0.05) is 11.6 Å². The molecule has 0 amide bonds. The van der Waals surface area contributed by atoms with E-state index >= 15 is 0 Å². The van der Waals surface area contributed by atoms with Crippen LogP contribution in [0.5, 0.6) is 11.5 Å². The van der Waals surface area contributed by atoms with Crippen molar-refractivity contribution in [1.29, 1.82) is 0 Å². The van der Waals surface area contributed by atoms with E-state index in [1.165, 1.54) is 0 Å². The molecule has 2 heterocycles. The zero-order chi connectivity index (χ0) is 20.4. The molecule has 0 bridgehead atoms. The molecule has 2 aliphatic rings. The maximum absolute atomic E-state index is 10.7. The predicted molar refractivity (Wildman–Crippen MR) is 114 cm³/mol. The topological polar surface area (TPSA) is 54.8 Å². The third-order valence-corrected chi connectivity index (χ3v) is 6.36.